The maximum Gasteiger partial charge on any atom is 0.238 e. The van der Waals surface area contributed by atoms with Crippen LogP contribution in [-0.2, 0) is 21.2 Å². The number of halogens is 1. The number of benzene rings is 2. The van der Waals surface area contributed by atoms with E-state index in [0.29, 0.717) is 18.0 Å². The summed E-state index contributed by atoms with van der Waals surface area (Å²) in [6.07, 6.45) is 2.11. The summed E-state index contributed by atoms with van der Waals surface area (Å²) in [6.45, 7) is 1.97. The first-order chi connectivity index (χ1) is 16.3. The lowest BCUT2D eigenvalue weighted by Gasteiger charge is -2.31. The molecule has 3 N–H and O–H groups in total. The molecular formula is C24H26ClN5O3S. The highest BCUT2D eigenvalue weighted by atomic mass is 35.5. The molecule has 3 aromatic rings. The van der Waals surface area contributed by atoms with Gasteiger partial charge in [0, 0.05) is 36.1 Å². The minimum atomic E-state index is -3.70. The molecule has 0 aliphatic carbocycles. The first-order valence-corrected chi connectivity index (χ1v) is 13.0. The maximum atomic E-state index is 12.6. The molecule has 8 nitrogen and oxygen atoms in total. The molecule has 34 heavy (non-hydrogen) atoms. The van der Waals surface area contributed by atoms with Crippen LogP contribution in [0.15, 0.2) is 65.6 Å². The number of anilines is 1. The molecule has 0 spiro atoms. The minimum absolute atomic E-state index is 0.0395. The Balaban J connectivity index is 1.23. The molecule has 0 saturated carbocycles. The van der Waals surface area contributed by atoms with Gasteiger partial charge in [-0.05, 0) is 61.2 Å². The lowest BCUT2D eigenvalue weighted by Crippen LogP contribution is -2.41. The summed E-state index contributed by atoms with van der Waals surface area (Å²) >= 11 is 5.94. The highest BCUT2D eigenvalue weighted by Crippen LogP contribution is 2.24. The highest BCUT2D eigenvalue weighted by molar-refractivity contribution is 7.89. The normalized spacial score (nSPS) is 14.7. The lowest BCUT2D eigenvalue weighted by molar-refractivity contribution is -0.125. The Morgan fingerprint density at radius 3 is 2.26 bits per heavy atom. The number of hydrogen-bond acceptors (Lipinski definition) is 6. The molecule has 1 fully saturated rings. The van der Waals surface area contributed by atoms with Crippen molar-refractivity contribution in [2.75, 3.05) is 24.5 Å². The van der Waals surface area contributed by atoms with Crippen molar-refractivity contribution in [2.45, 2.75) is 24.2 Å². The first-order valence-electron chi connectivity index (χ1n) is 11.0. The molecule has 1 saturated heterocycles. The molecule has 4 rings (SSSR count). The number of carbonyl (C=O) groups is 1. The SMILES string of the molecule is NS(=O)(=O)c1ccc(CCNC(=O)C2CCN(c3ccc(-c4ccc(Cl)cc4)nn3)CC2)cc1. The van der Waals surface area contributed by atoms with Gasteiger partial charge >= 0.3 is 0 Å². The minimum Gasteiger partial charge on any atom is -0.356 e. The van der Waals surface area contributed by atoms with Gasteiger partial charge in [0.05, 0.1) is 10.6 Å². The van der Waals surface area contributed by atoms with Gasteiger partial charge < -0.3 is 10.2 Å². The number of nitrogens with one attached hydrogen (secondary N) is 1. The fraction of sp³-hybridized carbons (Fsp3) is 0.292. The van der Waals surface area contributed by atoms with E-state index in [0.717, 1.165) is 48.6 Å². The van der Waals surface area contributed by atoms with Crippen LogP contribution in [0.2, 0.25) is 5.02 Å². The van der Waals surface area contributed by atoms with Crippen LogP contribution >= 0.6 is 11.6 Å². The highest BCUT2D eigenvalue weighted by Gasteiger charge is 2.25. The predicted octanol–water partition coefficient (Wildman–Crippen LogP) is 3.02. The van der Waals surface area contributed by atoms with Crippen molar-refractivity contribution in [3.63, 3.8) is 0 Å². The van der Waals surface area contributed by atoms with Crippen molar-refractivity contribution in [1.29, 1.82) is 0 Å². The van der Waals surface area contributed by atoms with Crippen LogP contribution in [0.1, 0.15) is 18.4 Å². The molecule has 1 aliphatic rings. The zero-order valence-electron chi connectivity index (χ0n) is 18.5. The summed E-state index contributed by atoms with van der Waals surface area (Å²) in [6, 6.07) is 17.8. The van der Waals surface area contributed by atoms with Gasteiger partial charge in [0.1, 0.15) is 0 Å². The van der Waals surface area contributed by atoms with Crippen molar-refractivity contribution in [1.82, 2.24) is 15.5 Å². The van der Waals surface area contributed by atoms with Gasteiger partial charge in [0.25, 0.3) is 0 Å². The van der Waals surface area contributed by atoms with Gasteiger partial charge in [-0.3, -0.25) is 4.79 Å². The number of aromatic nitrogens is 2. The molecule has 1 amide bonds. The molecule has 178 valence electrons. The van der Waals surface area contributed by atoms with Crippen LogP contribution in [0.25, 0.3) is 11.3 Å². The van der Waals surface area contributed by atoms with Crippen molar-refractivity contribution in [2.24, 2.45) is 11.1 Å². The smallest absolute Gasteiger partial charge is 0.238 e. The molecule has 0 radical (unpaired) electrons. The Bertz CT molecular complexity index is 1230. The fourth-order valence-corrected chi connectivity index (χ4v) is 4.60. The second-order valence-electron chi connectivity index (χ2n) is 8.27. The molecule has 0 bridgehead atoms. The van der Waals surface area contributed by atoms with E-state index in [4.69, 9.17) is 16.7 Å². The van der Waals surface area contributed by atoms with E-state index in [-0.39, 0.29) is 16.7 Å². The molecule has 0 unspecified atom stereocenters. The van der Waals surface area contributed by atoms with Gasteiger partial charge in [-0.2, -0.15) is 0 Å². The predicted molar refractivity (Wildman–Crippen MR) is 132 cm³/mol. The zero-order valence-corrected chi connectivity index (χ0v) is 20.1. The van der Waals surface area contributed by atoms with E-state index >= 15 is 0 Å². The number of carbonyl (C=O) groups excluding carboxylic acids is 1. The van der Waals surface area contributed by atoms with Crippen molar-refractivity contribution in [3.8, 4) is 11.3 Å². The zero-order chi connectivity index (χ0) is 24.1. The third kappa shape index (κ3) is 6.11. The average Bonchev–Trinajstić information content (AvgIpc) is 2.84. The van der Waals surface area contributed by atoms with Crippen LogP contribution in [0.4, 0.5) is 5.82 Å². The fourth-order valence-electron chi connectivity index (χ4n) is 3.96. The third-order valence-electron chi connectivity index (χ3n) is 5.94. The number of hydrogen-bond donors (Lipinski definition) is 2. The van der Waals surface area contributed by atoms with E-state index in [1.165, 1.54) is 12.1 Å². The lowest BCUT2D eigenvalue weighted by atomic mass is 9.96. The topological polar surface area (TPSA) is 118 Å². The monoisotopic (exact) mass is 499 g/mol. The van der Waals surface area contributed by atoms with Gasteiger partial charge in [-0.15, -0.1) is 10.2 Å². The van der Waals surface area contributed by atoms with E-state index in [1.54, 1.807) is 12.1 Å². The second kappa shape index (κ2) is 10.5. The number of nitrogens with two attached hydrogens (primary N) is 1. The summed E-state index contributed by atoms with van der Waals surface area (Å²) < 4.78 is 22.7. The number of rotatable bonds is 7. The Hall–Kier alpha value is -3.01. The molecular weight excluding hydrogens is 474 g/mol. The number of piperidine rings is 1. The van der Waals surface area contributed by atoms with Crippen LogP contribution in [-0.4, -0.2) is 44.2 Å². The number of primary sulfonamides is 1. The average molecular weight is 500 g/mol. The standard InChI is InChI=1S/C24H26ClN5O3S/c25-20-5-3-18(4-6-20)22-9-10-23(29-28-22)30-15-12-19(13-16-30)24(31)27-14-11-17-1-7-21(8-2-17)34(26,32)33/h1-10,19H,11-16H2,(H,27,31)(H2,26,32,33). The van der Waals surface area contributed by atoms with Crippen molar-refractivity contribution < 1.29 is 13.2 Å². The summed E-state index contributed by atoms with van der Waals surface area (Å²) in [5.74, 6) is 0.812. The Morgan fingerprint density at radius 2 is 1.68 bits per heavy atom. The maximum absolute atomic E-state index is 12.6. The van der Waals surface area contributed by atoms with E-state index < -0.39 is 10.0 Å². The molecule has 1 aliphatic heterocycles. The van der Waals surface area contributed by atoms with E-state index in [1.807, 2.05) is 36.4 Å². The Morgan fingerprint density at radius 1 is 1.00 bits per heavy atom. The number of sulfonamides is 1. The quantitative estimate of drug-likeness (QED) is 0.516. The summed E-state index contributed by atoms with van der Waals surface area (Å²) in [5.41, 5.74) is 2.68. The van der Waals surface area contributed by atoms with Crippen LogP contribution in [0.5, 0.6) is 0 Å². The summed E-state index contributed by atoms with van der Waals surface area (Å²) in [5, 5.41) is 17.5. The largest absolute Gasteiger partial charge is 0.356 e. The summed E-state index contributed by atoms with van der Waals surface area (Å²) in [4.78, 5) is 14.8. The molecule has 2 aromatic carbocycles. The molecule has 10 heteroatoms. The molecule has 2 heterocycles. The van der Waals surface area contributed by atoms with Crippen LogP contribution < -0.4 is 15.4 Å². The summed E-state index contributed by atoms with van der Waals surface area (Å²) in [7, 11) is -3.70. The van der Waals surface area contributed by atoms with Gasteiger partial charge in [0.15, 0.2) is 5.82 Å². The van der Waals surface area contributed by atoms with E-state index in [2.05, 4.69) is 20.4 Å². The Kier molecular flexibility index (Phi) is 7.45. The van der Waals surface area contributed by atoms with E-state index in [9.17, 15) is 13.2 Å². The third-order valence-corrected chi connectivity index (χ3v) is 7.13. The van der Waals surface area contributed by atoms with Gasteiger partial charge in [-0.1, -0.05) is 35.9 Å². The van der Waals surface area contributed by atoms with Gasteiger partial charge in [0.2, 0.25) is 15.9 Å². The molecule has 0 atom stereocenters. The van der Waals surface area contributed by atoms with Crippen molar-refractivity contribution in [3.05, 3.63) is 71.2 Å². The Labute approximate surface area is 204 Å². The second-order valence-corrected chi connectivity index (χ2v) is 10.3. The van der Waals surface area contributed by atoms with Crippen LogP contribution in [0.3, 0.4) is 0 Å². The van der Waals surface area contributed by atoms with Gasteiger partial charge in [-0.25, -0.2) is 13.6 Å². The number of nitrogens with zero attached hydrogens (tertiary/aromatic N) is 3. The molecule has 1 aromatic heterocycles. The number of amides is 1. The van der Waals surface area contributed by atoms with Crippen molar-refractivity contribution >= 4 is 33.3 Å². The van der Waals surface area contributed by atoms with Crippen LogP contribution in [0, 0.1) is 5.92 Å². The first kappa shape index (κ1) is 24.1.